The summed E-state index contributed by atoms with van der Waals surface area (Å²) in [5, 5.41) is 2.74. The van der Waals surface area contributed by atoms with E-state index in [9.17, 15) is 18.0 Å². The van der Waals surface area contributed by atoms with Gasteiger partial charge in [0.1, 0.15) is 0 Å². The van der Waals surface area contributed by atoms with Gasteiger partial charge in [-0.25, -0.2) is 0 Å². The number of carbonyl (C=O) groups excluding carboxylic acids is 1. The predicted molar refractivity (Wildman–Crippen MR) is 71.5 cm³/mol. The zero-order valence-electron chi connectivity index (χ0n) is 11.6. The number of halogens is 3. The number of ether oxygens (including phenoxy) is 1. The number of amides is 1. The van der Waals surface area contributed by atoms with Gasteiger partial charge in [-0.15, -0.1) is 0 Å². The summed E-state index contributed by atoms with van der Waals surface area (Å²) in [5.74, 6) is 0.271. The topological polar surface area (TPSA) is 38.3 Å². The summed E-state index contributed by atoms with van der Waals surface area (Å²) in [4.78, 5) is 11.8. The van der Waals surface area contributed by atoms with Gasteiger partial charge in [0.05, 0.1) is 5.56 Å². The molecule has 1 saturated heterocycles. The van der Waals surface area contributed by atoms with Gasteiger partial charge in [-0.05, 0) is 36.5 Å². The standard InChI is InChI=1S/C15H18F3NO2/c16-15(17,18)13-3-1-12(2-4-13)10-19-14(20)9-11-5-7-21-8-6-11/h1-4,11H,5-10H2,(H,19,20). The normalized spacial score (nSPS) is 16.7. The van der Waals surface area contributed by atoms with Crippen LogP contribution in [0.4, 0.5) is 13.2 Å². The van der Waals surface area contributed by atoms with Crippen molar-refractivity contribution in [1.29, 1.82) is 0 Å². The van der Waals surface area contributed by atoms with Crippen molar-refractivity contribution in [2.75, 3.05) is 13.2 Å². The van der Waals surface area contributed by atoms with Crippen molar-refractivity contribution in [2.24, 2.45) is 5.92 Å². The minimum atomic E-state index is -4.33. The Morgan fingerprint density at radius 3 is 2.38 bits per heavy atom. The van der Waals surface area contributed by atoms with E-state index in [4.69, 9.17) is 4.74 Å². The van der Waals surface area contributed by atoms with Crippen LogP contribution in [0.2, 0.25) is 0 Å². The van der Waals surface area contributed by atoms with E-state index in [1.54, 1.807) is 0 Å². The monoisotopic (exact) mass is 301 g/mol. The molecule has 1 aliphatic rings. The second-order valence-corrected chi connectivity index (χ2v) is 5.23. The molecular weight excluding hydrogens is 283 g/mol. The molecule has 1 amide bonds. The molecule has 1 aliphatic heterocycles. The number of nitrogens with one attached hydrogen (secondary N) is 1. The Kier molecular flexibility index (Phi) is 5.22. The quantitative estimate of drug-likeness (QED) is 0.928. The lowest BCUT2D eigenvalue weighted by atomic mass is 9.96. The Labute approximate surface area is 121 Å². The Bertz CT molecular complexity index is 465. The second kappa shape index (κ2) is 6.93. The predicted octanol–water partition coefficient (Wildman–Crippen LogP) is 3.14. The Balaban J connectivity index is 1.78. The zero-order chi connectivity index (χ0) is 15.3. The first-order valence-electron chi connectivity index (χ1n) is 6.96. The van der Waals surface area contributed by atoms with Gasteiger partial charge in [-0.2, -0.15) is 13.2 Å². The molecule has 0 bridgehead atoms. The fourth-order valence-corrected chi connectivity index (χ4v) is 2.30. The van der Waals surface area contributed by atoms with E-state index in [1.807, 2.05) is 0 Å². The number of alkyl halides is 3. The van der Waals surface area contributed by atoms with E-state index in [0.29, 0.717) is 31.1 Å². The van der Waals surface area contributed by atoms with Gasteiger partial charge >= 0.3 is 6.18 Å². The summed E-state index contributed by atoms with van der Waals surface area (Å²) in [5.41, 5.74) is -0.0249. The molecule has 0 atom stereocenters. The third kappa shape index (κ3) is 5.04. The minimum Gasteiger partial charge on any atom is -0.381 e. The van der Waals surface area contributed by atoms with Crippen LogP contribution in [-0.2, 0) is 22.3 Å². The van der Waals surface area contributed by atoms with Crippen LogP contribution in [-0.4, -0.2) is 19.1 Å². The Hall–Kier alpha value is -1.56. The van der Waals surface area contributed by atoms with Crippen LogP contribution in [0.25, 0.3) is 0 Å². The number of benzene rings is 1. The Morgan fingerprint density at radius 1 is 1.19 bits per heavy atom. The fourth-order valence-electron chi connectivity index (χ4n) is 2.30. The molecular formula is C15H18F3NO2. The van der Waals surface area contributed by atoms with E-state index in [1.165, 1.54) is 12.1 Å². The van der Waals surface area contributed by atoms with Gasteiger partial charge in [0, 0.05) is 26.2 Å². The van der Waals surface area contributed by atoms with Crippen molar-refractivity contribution in [2.45, 2.75) is 32.0 Å². The van der Waals surface area contributed by atoms with Crippen LogP contribution in [0.5, 0.6) is 0 Å². The molecule has 3 nitrogen and oxygen atoms in total. The molecule has 1 aromatic carbocycles. The van der Waals surface area contributed by atoms with Crippen LogP contribution in [0.3, 0.4) is 0 Å². The van der Waals surface area contributed by atoms with E-state index >= 15 is 0 Å². The second-order valence-electron chi connectivity index (χ2n) is 5.23. The fraction of sp³-hybridized carbons (Fsp3) is 0.533. The first-order chi connectivity index (χ1) is 9.95. The molecule has 1 N–H and O–H groups in total. The molecule has 21 heavy (non-hydrogen) atoms. The third-order valence-electron chi connectivity index (χ3n) is 3.59. The molecule has 1 heterocycles. The molecule has 0 radical (unpaired) electrons. The van der Waals surface area contributed by atoms with Crippen molar-refractivity contribution >= 4 is 5.91 Å². The van der Waals surface area contributed by atoms with Crippen molar-refractivity contribution < 1.29 is 22.7 Å². The van der Waals surface area contributed by atoms with Crippen molar-refractivity contribution in [1.82, 2.24) is 5.32 Å². The molecule has 0 unspecified atom stereocenters. The maximum Gasteiger partial charge on any atom is 0.416 e. The van der Waals surface area contributed by atoms with Gasteiger partial charge in [-0.3, -0.25) is 4.79 Å². The third-order valence-corrected chi connectivity index (χ3v) is 3.59. The number of rotatable bonds is 4. The summed E-state index contributed by atoms with van der Waals surface area (Å²) < 4.78 is 42.5. The molecule has 0 saturated carbocycles. The maximum absolute atomic E-state index is 12.4. The first-order valence-corrected chi connectivity index (χ1v) is 6.96. The van der Waals surface area contributed by atoms with Crippen LogP contribution in [0.15, 0.2) is 24.3 Å². The molecule has 116 valence electrons. The van der Waals surface area contributed by atoms with Crippen LogP contribution < -0.4 is 5.32 Å². The molecule has 0 spiro atoms. The van der Waals surface area contributed by atoms with Gasteiger partial charge in [0.25, 0.3) is 0 Å². The lowest BCUT2D eigenvalue weighted by molar-refractivity contribution is -0.137. The van der Waals surface area contributed by atoms with Crippen molar-refractivity contribution in [3.05, 3.63) is 35.4 Å². The van der Waals surface area contributed by atoms with Gasteiger partial charge < -0.3 is 10.1 Å². The molecule has 2 rings (SSSR count). The van der Waals surface area contributed by atoms with Gasteiger partial charge in [0.2, 0.25) is 5.91 Å². The molecule has 1 aromatic rings. The largest absolute Gasteiger partial charge is 0.416 e. The number of hydrogen-bond donors (Lipinski definition) is 1. The summed E-state index contributed by atoms with van der Waals surface area (Å²) in [6.07, 6.45) is -2.11. The Morgan fingerprint density at radius 2 is 1.81 bits per heavy atom. The van der Waals surface area contributed by atoms with E-state index in [-0.39, 0.29) is 12.5 Å². The summed E-state index contributed by atoms with van der Waals surface area (Å²) in [6.45, 7) is 1.63. The average molecular weight is 301 g/mol. The number of hydrogen-bond acceptors (Lipinski definition) is 2. The highest BCUT2D eigenvalue weighted by molar-refractivity contribution is 5.76. The highest BCUT2D eigenvalue weighted by Gasteiger charge is 2.29. The van der Waals surface area contributed by atoms with Gasteiger partial charge in [0.15, 0.2) is 0 Å². The zero-order valence-corrected chi connectivity index (χ0v) is 11.6. The molecule has 6 heteroatoms. The minimum absolute atomic E-state index is 0.0678. The van der Waals surface area contributed by atoms with Crippen LogP contribution >= 0.6 is 0 Å². The number of carbonyl (C=O) groups is 1. The van der Waals surface area contributed by atoms with Crippen LogP contribution in [0, 0.1) is 5.92 Å². The van der Waals surface area contributed by atoms with E-state index in [0.717, 1.165) is 25.0 Å². The average Bonchev–Trinajstić information content (AvgIpc) is 2.46. The highest BCUT2D eigenvalue weighted by atomic mass is 19.4. The summed E-state index contributed by atoms with van der Waals surface area (Å²) in [7, 11) is 0. The van der Waals surface area contributed by atoms with Crippen molar-refractivity contribution in [3.8, 4) is 0 Å². The molecule has 1 fully saturated rings. The smallest absolute Gasteiger partial charge is 0.381 e. The summed E-state index contributed by atoms with van der Waals surface area (Å²) in [6, 6.07) is 4.83. The maximum atomic E-state index is 12.4. The van der Waals surface area contributed by atoms with Gasteiger partial charge in [-0.1, -0.05) is 12.1 Å². The summed E-state index contributed by atoms with van der Waals surface area (Å²) >= 11 is 0. The molecule has 0 aliphatic carbocycles. The lowest BCUT2D eigenvalue weighted by Crippen LogP contribution is -2.27. The van der Waals surface area contributed by atoms with Crippen molar-refractivity contribution in [3.63, 3.8) is 0 Å². The lowest BCUT2D eigenvalue weighted by Gasteiger charge is -2.21. The van der Waals surface area contributed by atoms with E-state index in [2.05, 4.69) is 5.32 Å². The van der Waals surface area contributed by atoms with Crippen LogP contribution in [0.1, 0.15) is 30.4 Å². The SMILES string of the molecule is O=C(CC1CCOCC1)NCc1ccc(C(F)(F)F)cc1. The molecule has 0 aromatic heterocycles. The van der Waals surface area contributed by atoms with E-state index < -0.39 is 11.7 Å². The first kappa shape index (κ1) is 15.8. The highest BCUT2D eigenvalue weighted by Crippen LogP contribution is 2.29.